The van der Waals surface area contributed by atoms with Crippen LogP contribution in [0.2, 0.25) is 0 Å². The minimum Gasteiger partial charge on any atom is -0.410 e. The Morgan fingerprint density at radius 2 is 1.83 bits per heavy atom. The van der Waals surface area contributed by atoms with Crippen LogP contribution in [0.4, 0.5) is 26.5 Å². The van der Waals surface area contributed by atoms with Crippen molar-refractivity contribution in [3.8, 4) is 5.75 Å². The summed E-state index contributed by atoms with van der Waals surface area (Å²) in [5, 5.41) is 5.71. The van der Waals surface area contributed by atoms with Gasteiger partial charge >= 0.3 is 6.09 Å². The van der Waals surface area contributed by atoms with Gasteiger partial charge in [0.1, 0.15) is 23.2 Å². The van der Waals surface area contributed by atoms with E-state index in [9.17, 15) is 9.18 Å². The lowest BCUT2D eigenvalue weighted by Gasteiger charge is -2.19. The molecule has 7 heteroatoms. The summed E-state index contributed by atoms with van der Waals surface area (Å²) < 4.78 is 18.3. The number of hydrogen-bond acceptors (Lipinski definition) is 5. The van der Waals surface area contributed by atoms with E-state index in [0.29, 0.717) is 23.8 Å². The number of halogens is 1. The van der Waals surface area contributed by atoms with E-state index >= 15 is 0 Å². The third-order valence-electron chi connectivity index (χ3n) is 4.46. The number of nitrogens with two attached hydrogens (primary N) is 1. The molecular formula is C23H25FN4O2. The summed E-state index contributed by atoms with van der Waals surface area (Å²) in [6.07, 6.45) is -0.651. The van der Waals surface area contributed by atoms with E-state index in [1.54, 1.807) is 30.3 Å². The number of carbonyl (C=O) groups is 1. The van der Waals surface area contributed by atoms with E-state index in [1.807, 2.05) is 18.2 Å². The van der Waals surface area contributed by atoms with Crippen LogP contribution in [-0.4, -0.2) is 11.1 Å². The van der Waals surface area contributed by atoms with E-state index in [2.05, 4.69) is 36.4 Å². The van der Waals surface area contributed by atoms with Crippen molar-refractivity contribution in [3.63, 3.8) is 0 Å². The summed E-state index contributed by atoms with van der Waals surface area (Å²) >= 11 is 0. The van der Waals surface area contributed by atoms with Crippen LogP contribution in [-0.2, 0) is 12.0 Å². The van der Waals surface area contributed by atoms with E-state index in [0.717, 1.165) is 11.1 Å². The molecule has 0 bridgehead atoms. The van der Waals surface area contributed by atoms with Gasteiger partial charge in [0.15, 0.2) is 0 Å². The lowest BCUT2D eigenvalue weighted by Crippen LogP contribution is -2.19. The second kappa shape index (κ2) is 8.82. The zero-order valence-electron chi connectivity index (χ0n) is 17.2. The molecule has 0 atom stereocenters. The smallest absolute Gasteiger partial charge is 0.410 e. The van der Waals surface area contributed by atoms with Crippen LogP contribution in [0.15, 0.2) is 60.7 Å². The molecule has 0 spiro atoms. The standard InChI is InChI=1S/C23H25FN4O2/c1-23(2,3)16-5-4-6-18(13-16)30-22(29)27-19-11-12-20(28-21(19)25)26-14-15-7-9-17(24)10-8-15/h4-13H,14H2,1-3H3,(H,27,29)(H3,25,26,28). The Hall–Kier alpha value is -3.61. The zero-order chi connectivity index (χ0) is 21.7. The molecule has 6 nitrogen and oxygen atoms in total. The Balaban J connectivity index is 1.60. The average molecular weight is 408 g/mol. The monoisotopic (exact) mass is 408 g/mol. The van der Waals surface area contributed by atoms with Crippen LogP contribution in [0.1, 0.15) is 31.9 Å². The molecule has 0 aliphatic heterocycles. The number of pyridine rings is 1. The number of nitrogens with zero attached hydrogens (tertiary/aromatic N) is 1. The number of anilines is 3. The molecular weight excluding hydrogens is 383 g/mol. The molecule has 1 heterocycles. The van der Waals surface area contributed by atoms with Crippen LogP contribution < -0.4 is 21.1 Å². The van der Waals surface area contributed by atoms with Crippen molar-refractivity contribution < 1.29 is 13.9 Å². The fraction of sp³-hybridized carbons (Fsp3) is 0.217. The maximum Gasteiger partial charge on any atom is 0.417 e. The summed E-state index contributed by atoms with van der Waals surface area (Å²) in [5.74, 6) is 0.853. The molecule has 156 valence electrons. The molecule has 0 aliphatic carbocycles. The molecule has 0 saturated carbocycles. The quantitative estimate of drug-likeness (QED) is 0.531. The van der Waals surface area contributed by atoms with Gasteiger partial charge in [0.05, 0.1) is 5.69 Å². The Kier molecular flexibility index (Phi) is 6.20. The predicted molar refractivity (Wildman–Crippen MR) is 117 cm³/mol. The number of nitrogen functional groups attached to an aromatic ring is 1. The van der Waals surface area contributed by atoms with Gasteiger partial charge in [-0.25, -0.2) is 14.2 Å². The SMILES string of the molecule is CC(C)(C)c1cccc(OC(=O)Nc2ccc(NCc3ccc(F)cc3)nc2N)c1. The molecule has 3 rings (SSSR count). The number of ether oxygens (including phenoxy) is 1. The fourth-order valence-electron chi connectivity index (χ4n) is 2.74. The predicted octanol–water partition coefficient (Wildman–Crippen LogP) is 5.32. The van der Waals surface area contributed by atoms with E-state index in [1.165, 1.54) is 12.1 Å². The largest absolute Gasteiger partial charge is 0.417 e. The molecule has 1 amide bonds. The van der Waals surface area contributed by atoms with Gasteiger partial charge < -0.3 is 15.8 Å². The lowest BCUT2D eigenvalue weighted by atomic mass is 9.87. The minimum absolute atomic E-state index is 0.0546. The Morgan fingerprint density at radius 3 is 2.50 bits per heavy atom. The van der Waals surface area contributed by atoms with Crippen LogP contribution in [0, 0.1) is 5.82 Å². The highest BCUT2D eigenvalue weighted by Crippen LogP contribution is 2.26. The van der Waals surface area contributed by atoms with Crippen LogP contribution in [0.5, 0.6) is 5.75 Å². The molecule has 0 fully saturated rings. The van der Waals surface area contributed by atoms with Crippen molar-refractivity contribution in [1.82, 2.24) is 4.98 Å². The number of benzene rings is 2. The second-order valence-corrected chi connectivity index (χ2v) is 7.90. The van der Waals surface area contributed by atoms with E-state index < -0.39 is 6.09 Å². The molecule has 30 heavy (non-hydrogen) atoms. The highest BCUT2D eigenvalue weighted by atomic mass is 19.1. The highest BCUT2D eigenvalue weighted by molar-refractivity contribution is 5.89. The molecule has 3 aromatic rings. The van der Waals surface area contributed by atoms with Crippen molar-refractivity contribution in [1.29, 1.82) is 0 Å². The van der Waals surface area contributed by atoms with Crippen LogP contribution >= 0.6 is 0 Å². The molecule has 0 unspecified atom stereocenters. The van der Waals surface area contributed by atoms with E-state index in [-0.39, 0.29) is 17.1 Å². The van der Waals surface area contributed by atoms with Crippen molar-refractivity contribution in [2.75, 3.05) is 16.4 Å². The summed E-state index contributed by atoms with van der Waals surface area (Å²) in [4.78, 5) is 16.5. The normalized spacial score (nSPS) is 11.1. The van der Waals surface area contributed by atoms with Gasteiger partial charge in [0.25, 0.3) is 0 Å². The van der Waals surface area contributed by atoms with Gasteiger partial charge in [-0.1, -0.05) is 45.0 Å². The second-order valence-electron chi connectivity index (χ2n) is 7.90. The number of nitrogens with one attached hydrogen (secondary N) is 2. The molecule has 0 aliphatic rings. The molecule has 0 saturated heterocycles. The number of carbonyl (C=O) groups excluding carboxylic acids is 1. The average Bonchev–Trinajstić information content (AvgIpc) is 2.69. The third kappa shape index (κ3) is 5.70. The van der Waals surface area contributed by atoms with Gasteiger partial charge in [0.2, 0.25) is 0 Å². The van der Waals surface area contributed by atoms with Crippen LogP contribution in [0.3, 0.4) is 0 Å². The first-order chi connectivity index (χ1) is 14.2. The Morgan fingerprint density at radius 1 is 1.10 bits per heavy atom. The Labute approximate surface area is 175 Å². The van der Waals surface area contributed by atoms with Gasteiger partial charge in [-0.2, -0.15) is 0 Å². The van der Waals surface area contributed by atoms with Crippen molar-refractivity contribution in [2.45, 2.75) is 32.7 Å². The maximum absolute atomic E-state index is 13.0. The first kappa shape index (κ1) is 21.1. The summed E-state index contributed by atoms with van der Waals surface area (Å²) in [6.45, 7) is 6.73. The van der Waals surface area contributed by atoms with Crippen molar-refractivity contribution in [3.05, 3.63) is 77.6 Å². The first-order valence-corrected chi connectivity index (χ1v) is 9.55. The number of aromatic nitrogens is 1. The number of hydrogen-bond donors (Lipinski definition) is 3. The highest BCUT2D eigenvalue weighted by Gasteiger charge is 2.15. The van der Waals surface area contributed by atoms with Gasteiger partial charge in [-0.15, -0.1) is 0 Å². The maximum atomic E-state index is 13.0. The van der Waals surface area contributed by atoms with Gasteiger partial charge in [0, 0.05) is 6.54 Å². The molecule has 0 radical (unpaired) electrons. The fourth-order valence-corrected chi connectivity index (χ4v) is 2.74. The molecule has 2 aromatic carbocycles. The minimum atomic E-state index is -0.651. The Bertz CT molecular complexity index is 1030. The zero-order valence-corrected chi connectivity index (χ0v) is 17.2. The summed E-state index contributed by atoms with van der Waals surface area (Å²) in [7, 11) is 0. The van der Waals surface area contributed by atoms with Crippen LogP contribution in [0.25, 0.3) is 0 Å². The summed E-state index contributed by atoms with van der Waals surface area (Å²) in [6, 6.07) is 16.9. The molecule has 4 N–H and O–H groups in total. The summed E-state index contributed by atoms with van der Waals surface area (Å²) in [5.41, 5.74) is 8.22. The molecule has 1 aromatic heterocycles. The lowest BCUT2D eigenvalue weighted by molar-refractivity contribution is 0.215. The van der Waals surface area contributed by atoms with E-state index in [4.69, 9.17) is 10.5 Å². The first-order valence-electron chi connectivity index (χ1n) is 9.55. The van der Waals surface area contributed by atoms with Gasteiger partial charge in [-0.3, -0.25) is 5.32 Å². The van der Waals surface area contributed by atoms with Crippen molar-refractivity contribution >= 4 is 23.4 Å². The number of amides is 1. The number of rotatable bonds is 5. The topological polar surface area (TPSA) is 89.3 Å². The van der Waals surface area contributed by atoms with Gasteiger partial charge in [-0.05, 0) is 52.9 Å². The van der Waals surface area contributed by atoms with Crippen molar-refractivity contribution in [2.24, 2.45) is 0 Å². The third-order valence-corrected chi connectivity index (χ3v) is 4.46.